The standard InChI is InChI=1S/C25H28N6O2/c1-17-22(18(2)31-24(29-17)21(14-26)16-28-31)9-10-23(32)27-15-19-7-6-8-20(13-19)25(33)30-11-4-3-5-12-30/h6-8,13,16H,3-5,9-12,15H2,1-2H3,(H,27,32). The van der Waals surface area contributed by atoms with E-state index in [1.54, 1.807) is 4.52 Å². The number of nitriles is 1. The zero-order valence-electron chi connectivity index (χ0n) is 19.1. The molecule has 1 aromatic carbocycles. The molecule has 8 heteroatoms. The van der Waals surface area contributed by atoms with Crippen molar-refractivity contribution in [2.45, 2.75) is 52.5 Å². The molecule has 0 bridgehead atoms. The number of aryl methyl sites for hydroxylation is 2. The van der Waals surface area contributed by atoms with Crippen molar-refractivity contribution in [3.8, 4) is 6.07 Å². The predicted octanol–water partition coefficient (Wildman–Crippen LogP) is 3.09. The number of likely N-dealkylation sites (tertiary alicyclic amines) is 1. The Morgan fingerprint density at radius 3 is 2.73 bits per heavy atom. The first-order valence-electron chi connectivity index (χ1n) is 11.4. The van der Waals surface area contributed by atoms with E-state index in [4.69, 9.17) is 0 Å². The number of carbonyl (C=O) groups is 2. The quantitative estimate of drug-likeness (QED) is 0.629. The largest absolute Gasteiger partial charge is 0.352 e. The number of fused-ring (bicyclic) bond motifs is 1. The summed E-state index contributed by atoms with van der Waals surface area (Å²) in [6.45, 7) is 5.82. The molecular formula is C25H28N6O2. The number of amides is 2. The fourth-order valence-corrected chi connectivity index (χ4v) is 4.37. The van der Waals surface area contributed by atoms with Crippen LogP contribution < -0.4 is 5.32 Å². The van der Waals surface area contributed by atoms with Crippen molar-refractivity contribution in [2.75, 3.05) is 13.1 Å². The number of carbonyl (C=O) groups excluding carboxylic acids is 2. The molecule has 0 radical (unpaired) electrons. The molecule has 3 heterocycles. The Morgan fingerprint density at radius 2 is 1.97 bits per heavy atom. The van der Waals surface area contributed by atoms with E-state index < -0.39 is 0 Å². The fraction of sp³-hybridized carbons (Fsp3) is 0.400. The zero-order valence-corrected chi connectivity index (χ0v) is 19.1. The van der Waals surface area contributed by atoms with Crippen LogP contribution in [0.5, 0.6) is 0 Å². The maximum absolute atomic E-state index is 12.7. The maximum Gasteiger partial charge on any atom is 0.253 e. The molecule has 33 heavy (non-hydrogen) atoms. The summed E-state index contributed by atoms with van der Waals surface area (Å²) < 4.78 is 1.66. The highest BCUT2D eigenvalue weighted by atomic mass is 16.2. The van der Waals surface area contributed by atoms with Crippen molar-refractivity contribution in [2.24, 2.45) is 0 Å². The van der Waals surface area contributed by atoms with Gasteiger partial charge in [0.25, 0.3) is 5.91 Å². The van der Waals surface area contributed by atoms with E-state index in [1.165, 1.54) is 12.6 Å². The normalized spacial score (nSPS) is 13.7. The average Bonchev–Trinajstić information content (AvgIpc) is 3.25. The highest BCUT2D eigenvalue weighted by Gasteiger charge is 2.18. The minimum Gasteiger partial charge on any atom is -0.352 e. The van der Waals surface area contributed by atoms with Crippen LogP contribution in [0, 0.1) is 25.2 Å². The second-order valence-corrected chi connectivity index (χ2v) is 8.50. The fourth-order valence-electron chi connectivity index (χ4n) is 4.37. The van der Waals surface area contributed by atoms with Crippen LogP contribution in [0.15, 0.2) is 30.5 Å². The molecule has 8 nitrogen and oxygen atoms in total. The first-order valence-corrected chi connectivity index (χ1v) is 11.4. The number of hydrogen-bond acceptors (Lipinski definition) is 5. The molecule has 1 aliphatic heterocycles. The molecule has 1 aliphatic rings. The molecule has 3 aromatic rings. The summed E-state index contributed by atoms with van der Waals surface area (Å²) in [5.41, 5.74) is 5.20. The number of nitrogens with one attached hydrogen (secondary N) is 1. The van der Waals surface area contributed by atoms with Crippen molar-refractivity contribution in [3.63, 3.8) is 0 Å². The SMILES string of the molecule is Cc1nc2c(C#N)cnn2c(C)c1CCC(=O)NCc1cccc(C(=O)N2CCCCC2)c1. The van der Waals surface area contributed by atoms with Crippen molar-refractivity contribution in [1.82, 2.24) is 24.8 Å². The molecule has 4 rings (SSSR count). The van der Waals surface area contributed by atoms with Crippen LogP contribution in [0.1, 0.15) is 64.1 Å². The molecule has 0 aliphatic carbocycles. The van der Waals surface area contributed by atoms with Gasteiger partial charge in [0, 0.05) is 43.0 Å². The predicted molar refractivity (Wildman–Crippen MR) is 124 cm³/mol. The van der Waals surface area contributed by atoms with Crippen LogP contribution in [0.3, 0.4) is 0 Å². The third-order valence-electron chi connectivity index (χ3n) is 6.24. The van der Waals surface area contributed by atoms with Gasteiger partial charge >= 0.3 is 0 Å². The van der Waals surface area contributed by atoms with E-state index in [0.29, 0.717) is 36.2 Å². The summed E-state index contributed by atoms with van der Waals surface area (Å²) in [5, 5.41) is 16.4. The second kappa shape index (κ2) is 9.82. The minimum absolute atomic E-state index is 0.0647. The number of hydrogen-bond donors (Lipinski definition) is 1. The molecule has 0 saturated carbocycles. The van der Waals surface area contributed by atoms with Crippen LogP contribution in [-0.4, -0.2) is 44.4 Å². The number of aromatic nitrogens is 3. The molecule has 0 atom stereocenters. The molecular weight excluding hydrogens is 416 g/mol. The molecule has 1 saturated heterocycles. The van der Waals surface area contributed by atoms with Gasteiger partial charge in [0.1, 0.15) is 11.6 Å². The van der Waals surface area contributed by atoms with E-state index in [9.17, 15) is 14.9 Å². The Balaban J connectivity index is 1.36. The molecule has 170 valence electrons. The Bertz CT molecular complexity index is 1230. The summed E-state index contributed by atoms with van der Waals surface area (Å²) in [6.07, 6.45) is 5.65. The Labute approximate surface area is 193 Å². The van der Waals surface area contributed by atoms with Crippen molar-refractivity contribution >= 4 is 17.5 Å². The van der Waals surface area contributed by atoms with Gasteiger partial charge in [-0.25, -0.2) is 9.50 Å². The van der Waals surface area contributed by atoms with Gasteiger partial charge in [-0.05, 0) is 62.8 Å². The van der Waals surface area contributed by atoms with E-state index in [1.807, 2.05) is 43.0 Å². The molecule has 2 amide bonds. The van der Waals surface area contributed by atoms with Gasteiger partial charge in [-0.3, -0.25) is 9.59 Å². The van der Waals surface area contributed by atoms with Gasteiger partial charge < -0.3 is 10.2 Å². The lowest BCUT2D eigenvalue weighted by molar-refractivity contribution is -0.121. The minimum atomic E-state index is -0.0696. The highest BCUT2D eigenvalue weighted by Crippen LogP contribution is 2.18. The lowest BCUT2D eigenvalue weighted by Gasteiger charge is -2.26. The molecule has 2 aromatic heterocycles. The molecule has 0 spiro atoms. The van der Waals surface area contributed by atoms with Gasteiger partial charge in [-0.1, -0.05) is 12.1 Å². The maximum atomic E-state index is 12.7. The third kappa shape index (κ3) is 4.87. The van der Waals surface area contributed by atoms with E-state index in [0.717, 1.165) is 48.4 Å². The van der Waals surface area contributed by atoms with E-state index in [-0.39, 0.29) is 11.8 Å². The third-order valence-corrected chi connectivity index (χ3v) is 6.24. The number of benzene rings is 1. The summed E-state index contributed by atoms with van der Waals surface area (Å²) in [7, 11) is 0. The smallest absolute Gasteiger partial charge is 0.253 e. The first kappa shape index (κ1) is 22.5. The summed E-state index contributed by atoms with van der Waals surface area (Å²) >= 11 is 0. The van der Waals surface area contributed by atoms with Gasteiger partial charge in [0.15, 0.2) is 5.65 Å². The van der Waals surface area contributed by atoms with Gasteiger partial charge in [-0.15, -0.1) is 0 Å². The van der Waals surface area contributed by atoms with Crippen LogP contribution in [0.4, 0.5) is 0 Å². The van der Waals surface area contributed by atoms with Crippen LogP contribution >= 0.6 is 0 Å². The molecule has 0 unspecified atom stereocenters. The van der Waals surface area contributed by atoms with Crippen LogP contribution in [-0.2, 0) is 17.8 Å². The summed E-state index contributed by atoms with van der Waals surface area (Å²) in [6, 6.07) is 9.60. The van der Waals surface area contributed by atoms with Gasteiger partial charge in [-0.2, -0.15) is 10.4 Å². The first-order chi connectivity index (χ1) is 16.0. The zero-order chi connectivity index (χ0) is 23.4. The second-order valence-electron chi connectivity index (χ2n) is 8.50. The number of rotatable bonds is 6. The molecule has 1 fully saturated rings. The summed E-state index contributed by atoms with van der Waals surface area (Å²) in [5.74, 6) is -0.00488. The topological polar surface area (TPSA) is 103 Å². The van der Waals surface area contributed by atoms with E-state index >= 15 is 0 Å². The average molecular weight is 445 g/mol. The Morgan fingerprint density at radius 1 is 1.18 bits per heavy atom. The van der Waals surface area contributed by atoms with Crippen LogP contribution in [0.2, 0.25) is 0 Å². The number of nitrogens with zero attached hydrogens (tertiary/aromatic N) is 5. The van der Waals surface area contributed by atoms with Gasteiger partial charge in [0.2, 0.25) is 5.91 Å². The highest BCUT2D eigenvalue weighted by molar-refractivity contribution is 5.94. The monoisotopic (exact) mass is 444 g/mol. The summed E-state index contributed by atoms with van der Waals surface area (Å²) in [4.78, 5) is 31.7. The lowest BCUT2D eigenvalue weighted by Crippen LogP contribution is -2.35. The van der Waals surface area contributed by atoms with Crippen LogP contribution in [0.25, 0.3) is 5.65 Å². The number of piperidine rings is 1. The van der Waals surface area contributed by atoms with Gasteiger partial charge in [0.05, 0.1) is 6.20 Å². The lowest BCUT2D eigenvalue weighted by atomic mass is 10.1. The van der Waals surface area contributed by atoms with Crippen molar-refractivity contribution in [1.29, 1.82) is 5.26 Å². The van der Waals surface area contributed by atoms with Crippen molar-refractivity contribution < 1.29 is 9.59 Å². The molecule has 1 N–H and O–H groups in total. The van der Waals surface area contributed by atoms with E-state index in [2.05, 4.69) is 21.5 Å². The Kier molecular flexibility index (Phi) is 6.68. The van der Waals surface area contributed by atoms with Crippen molar-refractivity contribution in [3.05, 3.63) is 64.1 Å². The Hall–Kier alpha value is -3.73.